The first-order valence-corrected chi connectivity index (χ1v) is 7.94. The number of epoxide rings is 1. The first-order chi connectivity index (χ1) is 10.7. The van der Waals surface area contributed by atoms with Gasteiger partial charge in [-0.25, -0.2) is 9.59 Å². The van der Waals surface area contributed by atoms with Crippen molar-refractivity contribution in [3.05, 3.63) is 0 Å². The monoisotopic (exact) mass is 329 g/mol. The Kier molecular flexibility index (Phi) is 7.48. The number of hydrogen-bond donors (Lipinski definition) is 1. The lowest BCUT2D eigenvalue weighted by atomic mass is 10.1. The van der Waals surface area contributed by atoms with Crippen LogP contribution in [0.25, 0.3) is 0 Å². The zero-order valence-corrected chi connectivity index (χ0v) is 14.3. The first-order valence-electron chi connectivity index (χ1n) is 7.94. The maximum absolute atomic E-state index is 11.7. The summed E-state index contributed by atoms with van der Waals surface area (Å²) in [7, 11) is 1.28. The highest BCUT2D eigenvalue weighted by atomic mass is 16.6. The summed E-state index contributed by atoms with van der Waals surface area (Å²) in [5.74, 6) is -0.361. The fourth-order valence-corrected chi connectivity index (χ4v) is 2.06. The van der Waals surface area contributed by atoms with Gasteiger partial charge in [0.2, 0.25) is 0 Å². The molecule has 1 rings (SSSR count). The van der Waals surface area contributed by atoms with Gasteiger partial charge in [0, 0.05) is 6.42 Å². The minimum absolute atomic E-state index is 0.140. The molecule has 7 heteroatoms. The second-order valence-electron chi connectivity index (χ2n) is 6.61. The van der Waals surface area contributed by atoms with Gasteiger partial charge in [0.15, 0.2) is 5.78 Å². The molecular formula is C16H27NO6. The normalized spacial score (nSPS) is 18.0. The number of ether oxygens (including phenoxy) is 3. The SMILES string of the molecule is COC(=O)[C@H](CCCCCC(=O)[C@@H]1CO1)NC(=O)OC(C)(C)C. The van der Waals surface area contributed by atoms with Crippen LogP contribution in [0.1, 0.15) is 52.9 Å². The van der Waals surface area contributed by atoms with Crippen molar-refractivity contribution < 1.29 is 28.6 Å². The van der Waals surface area contributed by atoms with Crippen molar-refractivity contribution in [2.45, 2.75) is 70.6 Å². The lowest BCUT2D eigenvalue weighted by Gasteiger charge is -2.22. The van der Waals surface area contributed by atoms with Gasteiger partial charge in [-0.05, 0) is 33.6 Å². The predicted molar refractivity (Wildman–Crippen MR) is 83.0 cm³/mol. The van der Waals surface area contributed by atoms with Crippen LogP contribution in [-0.4, -0.2) is 49.3 Å². The molecule has 1 saturated heterocycles. The molecule has 0 aliphatic carbocycles. The van der Waals surface area contributed by atoms with E-state index in [2.05, 4.69) is 5.32 Å². The fourth-order valence-electron chi connectivity index (χ4n) is 2.06. The minimum atomic E-state index is -0.739. The van der Waals surface area contributed by atoms with Gasteiger partial charge in [-0.1, -0.05) is 12.8 Å². The number of nitrogens with one attached hydrogen (secondary N) is 1. The van der Waals surface area contributed by atoms with Crippen molar-refractivity contribution in [1.82, 2.24) is 5.32 Å². The van der Waals surface area contributed by atoms with E-state index in [1.165, 1.54) is 7.11 Å². The fraction of sp³-hybridized carbons (Fsp3) is 0.812. The Morgan fingerprint density at radius 3 is 2.39 bits per heavy atom. The molecule has 0 bridgehead atoms. The number of amides is 1. The minimum Gasteiger partial charge on any atom is -0.467 e. The van der Waals surface area contributed by atoms with Crippen molar-refractivity contribution >= 4 is 17.8 Å². The molecule has 0 aromatic heterocycles. The van der Waals surface area contributed by atoms with Gasteiger partial charge in [0.05, 0.1) is 13.7 Å². The van der Waals surface area contributed by atoms with E-state index in [9.17, 15) is 14.4 Å². The Balaban J connectivity index is 2.28. The van der Waals surface area contributed by atoms with Crippen molar-refractivity contribution in [3.63, 3.8) is 0 Å². The molecular weight excluding hydrogens is 302 g/mol. The number of carbonyl (C=O) groups excluding carboxylic acids is 3. The van der Waals surface area contributed by atoms with Gasteiger partial charge in [0.1, 0.15) is 17.7 Å². The van der Waals surface area contributed by atoms with Crippen LogP contribution in [0.3, 0.4) is 0 Å². The van der Waals surface area contributed by atoms with E-state index in [0.717, 1.165) is 12.8 Å². The summed E-state index contributed by atoms with van der Waals surface area (Å²) in [6, 6.07) is -0.739. The van der Waals surface area contributed by atoms with Crippen LogP contribution in [0, 0.1) is 0 Å². The predicted octanol–water partition coefficient (Wildman–Crippen LogP) is 1.97. The highest BCUT2D eigenvalue weighted by molar-refractivity contribution is 5.85. The Morgan fingerprint density at radius 2 is 1.87 bits per heavy atom. The molecule has 7 nitrogen and oxygen atoms in total. The number of ketones is 1. The van der Waals surface area contributed by atoms with E-state index in [0.29, 0.717) is 25.9 Å². The molecule has 1 amide bonds. The number of alkyl carbamates (subject to hydrolysis) is 1. The summed E-state index contributed by atoms with van der Waals surface area (Å²) in [5.41, 5.74) is -0.629. The highest BCUT2D eigenvalue weighted by Gasteiger charge is 2.30. The zero-order valence-electron chi connectivity index (χ0n) is 14.3. The second kappa shape index (κ2) is 8.86. The zero-order chi connectivity index (χ0) is 17.5. The lowest BCUT2D eigenvalue weighted by molar-refractivity contribution is -0.143. The van der Waals surface area contributed by atoms with Crippen LogP contribution in [0.4, 0.5) is 4.79 Å². The van der Waals surface area contributed by atoms with Crippen molar-refractivity contribution in [1.29, 1.82) is 0 Å². The summed E-state index contributed by atoms with van der Waals surface area (Å²) >= 11 is 0. The molecule has 0 radical (unpaired) electrons. The number of esters is 1. The second-order valence-corrected chi connectivity index (χ2v) is 6.61. The van der Waals surface area contributed by atoms with Crippen LogP contribution in [0.5, 0.6) is 0 Å². The third-order valence-corrected chi connectivity index (χ3v) is 3.29. The molecule has 1 aliphatic heterocycles. The summed E-state index contributed by atoms with van der Waals surface area (Å²) in [5, 5.41) is 2.53. The highest BCUT2D eigenvalue weighted by Crippen LogP contribution is 2.15. The summed E-state index contributed by atoms with van der Waals surface area (Å²) < 4.78 is 14.8. The molecule has 1 N–H and O–H groups in total. The van der Waals surface area contributed by atoms with Gasteiger partial charge in [0.25, 0.3) is 0 Å². The van der Waals surface area contributed by atoms with Crippen molar-refractivity contribution in [2.75, 3.05) is 13.7 Å². The maximum Gasteiger partial charge on any atom is 0.408 e. The quantitative estimate of drug-likeness (QED) is 0.395. The van der Waals surface area contributed by atoms with Crippen LogP contribution in [-0.2, 0) is 23.8 Å². The molecule has 0 aromatic rings. The third kappa shape index (κ3) is 8.54. The van der Waals surface area contributed by atoms with E-state index in [-0.39, 0.29) is 11.9 Å². The Morgan fingerprint density at radius 1 is 1.22 bits per heavy atom. The van der Waals surface area contributed by atoms with Crippen LogP contribution < -0.4 is 5.32 Å². The molecule has 2 atom stereocenters. The number of hydrogen-bond acceptors (Lipinski definition) is 6. The standard InChI is InChI=1S/C16H27NO6/c1-16(2,3)23-15(20)17-11(14(19)21-4)8-6-5-7-9-12(18)13-10-22-13/h11,13H,5-10H2,1-4H3,(H,17,20)/t11-,13-/m0/s1. The average Bonchev–Trinajstić information content (AvgIpc) is 3.27. The third-order valence-electron chi connectivity index (χ3n) is 3.29. The molecule has 1 heterocycles. The number of methoxy groups -OCH3 is 1. The largest absolute Gasteiger partial charge is 0.467 e. The average molecular weight is 329 g/mol. The maximum atomic E-state index is 11.7. The van der Waals surface area contributed by atoms with Crippen LogP contribution in [0.2, 0.25) is 0 Å². The Hall–Kier alpha value is -1.63. The molecule has 0 spiro atoms. The Bertz CT molecular complexity index is 425. The molecule has 0 unspecified atom stereocenters. The molecule has 132 valence electrons. The number of Topliss-reactive ketones (excluding diaryl/α,β-unsaturated/α-hetero) is 1. The van der Waals surface area contributed by atoms with E-state index >= 15 is 0 Å². The van der Waals surface area contributed by atoms with Crippen molar-refractivity contribution in [3.8, 4) is 0 Å². The summed E-state index contributed by atoms with van der Waals surface area (Å²) in [4.78, 5) is 34.9. The van der Waals surface area contributed by atoms with Crippen LogP contribution >= 0.6 is 0 Å². The van der Waals surface area contributed by atoms with E-state index < -0.39 is 23.7 Å². The molecule has 23 heavy (non-hydrogen) atoms. The molecule has 0 aromatic carbocycles. The van der Waals surface area contributed by atoms with E-state index in [1.54, 1.807) is 20.8 Å². The van der Waals surface area contributed by atoms with Gasteiger partial charge < -0.3 is 19.5 Å². The van der Waals surface area contributed by atoms with Crippen molar-refractivity contribution in [2.24, 2.45) is 0 Å². The number of rotatable bonds is 9. The van der Waals surface area contributed by atoms with E-state index in [4.69, 9.17) is 14.2 Å². The smallest absolute Gasteiger partial charge is 0.408 e. The van der Waals surface area contributed by atoms with Gasteiger partial charge in [-0.15, -0.1) is 0 Å². The van der Waals surface area contributed by atoms with Gasteiger partial charge >= 0.3 is 12.1 Å². The van der Waals surface area contributed by atoms with Gasteiger partial charge in [-0.3, -0.25) is 4.79 Å². The van der Waals surface area contributed by atoms with Crippen LogP contribution in [0.15, 0.2) is 0 Å². The van der Waals surface area contributed by atoms with E-state index in [1.807, 2.05) is 0 Å². The number of carbonyl (C=O) groups is 3. The number of unbranched alkanes of at least 4 members (excludes halogenated alkanes) is 2. The molecule has 0 saturated carbocycles. The summed E-state index contributed by atoms with van der Waals surface area (Å²) in [6.07, 6.45) is 2.35. The molecule has 1 fully saturated rings. The topological polar surface area (TPSA) is 94.2 Å². The molecule has 1 aliphatic rings. The van der Waals surface area contributed by atoms with Gasteiger partial charge in [-0.2, -0.15) is 0 Å². The lowest BCUT2D eigenvalue weighted by Crippen LogP contribution is -2.44. The summed E-state index contributed by atoms with van der Waals surface area (Å²) in [6.45, 7) is 5.80. The first kappa shape index (κ1) is 19.4. The Labute approximate surface area is 137 Å².